The first kappa shape index (κ1) is 11.3. The van der Waals surface area contributed by atoms with Gasteiger partial charge in [0.15, 0.2) is 0 Å². The van der Waals surface area contributed by atoms with Crippen molar-refractivity contribution in [1.29, 1.82) is 0 Å². The minimum absolute atomic E-state index is 0.200. The molecule has 0 bridgehead atoms. The Labute approximate surface area is 106 Å². The monoisotopic (exact) mass is 298 g/mol. The first-order chi connectivity index (χ1) is 7.68. The molecule has 2 rings (SSSR count). The van der Waals surface area contributed by atoms with Crippen molar-refractivity contribution in [3.8, 4) is 0 Å². The van der Waals surface area contributed by atoms with E-state index in [1.807, 2.05) is 6.07 Å². The number of anilines is 2. The average molecular weight is 299 g/mol. The second-order valence-corrected chi connectivity index (χ2v) is 5.08. The zero-order chi connectivity index (χ0) is 11.5. The van der Waals surface area contributed by atoms with Gasteiger partial charge in [-0.3, -0.25) is 0 Å². The fraction of sp³-hybridized carbons (Fsp3) is 0.200. The van der Waals surface area contributed by atoms with Crippen molar-refractivity contribution in [2.24, 2.45) is 0 Å². The number of nitrogens with two attached hydrogens (primary N) is 1. The molecule has 0 spiro atoms. The molecule has 2 aromatic rings. The molecular formula is C10H11BrN4S. The Morgan fingerprint density at radius 1 is 1.50 bits per heavy atom. The zero-order valence-electron chi connectivity index (χ0n) is 8.64. The van der Waals surface area contributed by atoms with Crippen LogP contribution in [0.1, 0.15) is 17.8 Å². The van der Waals surface area contributed by atoms with Gasteiger partial charge in [0.2, 0.25) is 0 Å². The summed E-state index contributed by atoms with van der Waals surface area (Å²) in [5, 5.41) is 5.34. The van der Waals surface area contributed by atoms with Crippen molar-refractivity contribution in [2.75, 3.05) is 11.1 Å². The Hall–Kier alpha value is -1.14. The van der Waals surface area contributed by atoms with E-state index in [2.05, 4.69) is 49.6 Å². The van der Waals surface area contributed by atoms with E-state index in [1.54, 1.807) is 11.3 Å². The molecule has 0 aliphatic rings. The Bertz CT molecular complexity index is 472. The fourth-order valence-electron chi connectivity index (χ4n) is 1.30. The minimum Gasteiger partial charge on any atom is -0.383 e. The molecule has 16 heavy (non-hydrogen) atoms. The lowest BCUT2D eigenvalue weighted by atomic mass is 10.3. The number of hydrogen-bond acceptors (Lipinski definition) is 5. The summed E-state index contributed by atoms with van der Waals surface area (Å²) >= 11 is 5.07. The lowest BCUT2D eigenvalue weighted by molar-refractivity contribution is 0.891. The van der Waals surface area contributed by atoms with E-state index in [-0.39, 0.29) is 6.04 Å². The predicted octanol–water partition coefficient (Wildman–Crippen LogP) is 3.06. The van der Waals surface area contributed by atoms with Crippen LogP contribution in [0.3, 0.4) is 0 Å². The lowest BCUT2D eigenvalue weighted by Gasteiger charge is -2.14. The highest BCUT2D eigenvalue weighted by Crippen LogP contribution is 2.28. The summed E-state index contributed by atoms with van der Waals surface area (Å²) in [5.41, 5.74) is 5.68. The third-order valence-corrected chi connectivity index (χ3v) is 3.98. The van der Waals surface area contributed by atoms with Crippen LogP contribution in [0.2, 0.25) is 0 Å². The van der Waals surface area contributed by atoms with Crippen molar-refractivity contribution >= 4 is 38.9 Å². The predicted molar refractivity (Wildman–Crippen MR) is 70.5 cm³/mol. The second-order valence-electron chi connectivity index (χ2n) is 3.30. The molecule has 1 unspecified atom stereocenters. The van der Waals surface area contributed by atoms with Crippen molar-refractivity contribution in [2.45, 2.75) is 13.0 Å². The highest BCUT2D eigenvalue weighted by atomic mass is 79.9. The van der Waals surface area contributed by atoms with Crippen LogP contribution in [-0.4, -0.2) is 9.97 Å². The van der Waals surface area contributed by atoms with Gasteiger partial charge in [-0.25, -0.2) is 9.97 Å². The number of thiophene rings is 1. The third kappa shape index (κ3) is 2.33. The number of aromatic nitrogens is 2. The molecule has 0 fully saturated rings. The third-order valence-electron chi connectivity index (χ3n) is 2.14. The Balaban J connectivity index is 2.18. The smallest absolute Gasteiger partial charge is 0.146 e. The van der Waals surface area contributed by atoms with Gasteiger partial charge >= 0.3 is 0 Å². The second kappa shape index (κ2) is 4.80. The molecule has 6 heteroatoms. The number of nitrogens with one attached hydrogen (secondary N) is 1. The van der Waals surface area contributed by atoms with E-state index in [0.717, 1.165) is 0 Å². The van der Waals surface area contributed by atoms with Gasteiger partial charge in [0, 0.05) is 4.88 Å². The summed E-state index contributed by atoms with van der Waals surface area (Å²) in [4.78, 5) is 9.29. The minimum atomic E-state index is 0.200. The summed E-state index contributed by atoms with van der Waals surface area (Å²) in [7, 11) is 0. The summed E-state index contributed by atoms with van der Waals surface area (Å²) in [5.74, 6) is 1.16. The number of nitrogen functional groups attached to an aromatic ring is 1. The highest BCUT2D eigenvalue weighted by Gasteiger charge is 2.11. The quantitative estimate of drug-likeness (QED) is 0.914. The maximum atomic E-state index is 5.68. The van der Waals surface area contributed by atoms with Gasteiger partial charge in [0.1, 0.15) is 22.4 Å². The molecular weight excluding hydrogens is 288 g/mol. The topological polar surface area (TPSA) is 63.8 Å². The van der Waals surface area contributed by atoms with Crippen LogP contribution >= 0.6 is 27.3 Å². The highest BCUT2D eigenvalue weighted by molar-refractivity contribution is 9.10. The van der Waals surface area contributed by atoms with Crippen molar-refractivity contribution in [1.82, 2.24) is 9.97 Å². The number of nitrogens with zero attached hydrogens (tertiary/aromatic N) is 2. The van der Waals surface area contributed by atoms with E-state index >= 15 is 0 Å². The number of rotatable bonds is 3. The van der Waals surface area contributed by atoms with Crippen LogP contribution in [-0.2, 0) is 0 Å². The van der Waals surface area contributed by atoms with Crippen molar-refractivity contribution in [3.05, 3.63) is 33.2 Å². The van der Waals surface area contributed by atoms with Gasteiger partial charge in [-0.1, -0.05) is 6.07 Å². The van der Waals surface area contributed by atoms with Crippen molar-refractivity contribution in [3.63, 3.8) is 0 Å². The first-order valence-electron chi connectivity index (χ1n) is 4.74. The summed E-state index contributed by atoms with van der Waals surface area (Å²) in [6, 6.07) is 4.31. The Kier molecular flexibility index (Phi) is 3.40. The molecule has 0 aromatic carbocycles. The standard InChI is InChI=1S/C10H11BrN4S/c1-6(7-3-2-4-16-7)15-10-8(11)9(12)13-5-14-10/h2-6H,1H3,(H3,12,13,14,15). The maximum absolute atomic E-state index is 5.68. The average Bonchev–Trinajstić information content (AvgIpc) is 2.78. The van der Waals surface area contributed by atoms with Crippen molar-refractivity contribution < 1.29 is 0 Å². The summed E-state index contributed by atoms with van der Waals surface area (Å²) in [6.45, 7) is 2.08. The van der Waals surface area contributed by atoms with E-state index < -0.39 is 0 Å². The molecule has 0 saturated carbocycles. The zero-order valence-corrected chi connectivity index (χ0v) is 11.0. The van der Waals surface area contributed by atoms with Gasteiger partial charge < -0.3 is 11.1 Å². The summed E-state index contributed by atoms with van der Waals surface area (Å²) in [6.07, 6.45) is 1.45. The SMILES string of the molecule is CC(Nc1ncnc(N)c1Br)c1cccs1. The molecule has 0 radical (unpaired) electrons. The van der Waals surface area contributed by atoms with Crippen LogP contribution in [0.25, 0.3) is 0 Å². The molecule has 2 heterocycles. The van der Waals surface area contributed by atoms with Gasteiger partial charge in [-0.2, -0.15) is 0 Å². The molecule has 0 aliphatic heterocycles. The number of hydrogen-bond donors (Lipinski definition) is 2. The molecule has 4 nitrogen and oxygen atoms in total. The van der Waals surface area contributed by atoms with Gasteiger partial charge in [0.25, 0.3) is 0 Å². The first-order valence-corrected chi connectivity index (χ1v) is 6.41. The van der Waals surface area contributed by atoms with E-state index in [0.29, 0.717) is 16.1 Å². The molecule has 0 aliphatic carbocycles. The fourth-order valence-corrected chi connectivity index (χ4v) is 2.35. The Morgan fingerprint density at radius 2 is 2.31 bits per heavy atom. The van der Waals surface area contributed by atoms with Crippen LogP contribution in [0.5, 0.6) is 0 Å². The van der Waals surface area contributed by atoms with E-state index in [9.17, 15) is 0 Å². The van der Waals surface area contributed by atoms with Crippen LogP contribution in [0.15, 0.2) is 28.3 Å². The molecule has 84 valence electrons. The number of halogens is 1. The molecule has 1 atom stereocenters. The van der Waals surface area contributed by atoms with E-state index in [4.69, 9.17) is 5.73 Å². The summed E-state index contributed by atoms with van der Waals surface area (Å²) < 4.78 is 0.707. The van der Waals surface area contributed by atoms with Gasteiger partial charge in [-0.15, -0.1) is 11.3 Å². The van der Waals surface area contributed by atoms with Gasteiger partial charge in [0.05, 0.1) is 6.04 Å². The lowest BCUT2D eigenvalue weighted by Crippen LogP contribution is -2.08. The van der Waals surface area contributed by atoms with E-state index in [1.165, 1.54) is 11.2 Å². The molecule has 0 amide bonds. The van der Waals surface area contributed by atoms with Crippen LogP contribution in [0.4, 0.5) is 11.6 Å². The molecule has 0 saturated heterocycles. The maximum Gasteiger partial charge on any atom is 0.146 e. The normalized spacial score (nSPS) is 12.4. The van der Waals surface area contributed by atoms with Gasteiger partial charge in [-0.05, 0) is 34.3 Å². The van der Waals surface area contributed by atoms with Crippen LogP contribution < -0.4 is 11.1 Å². The van der Waals surface area contributed by atoms with Crippen LogP contribution in [0, 0.1) is 0 Å². The molecule has 3 N–H and O–H groups in total. The Morgan fingerprint density at radius 3 is 3.00 bits per heavy atom. The largest absolute Gasteiger partial charge is 0.383 e. The molecule has 2 aromatic heterocycles.